The van der Waals surface area contributed by atoms with Gasteiger partial charge in [0, 0.05) is 25.2 Å². The van der Waals surface area contributed by atoms with E-state index in [1.165, 1.54) is 6.07 Å². The van der Waals surface area contributed by atoms with Crippen LogP contribution in [0.5, 0.6) is 5.75 Å². The van der Waals surface area contributed by atoms with E-state index >= 15 is 0 Å². The fourth-order valence-corrected chi connectivity index (χ4v) is 2.32. The van der Waals surface area contributed by atoms with Crippen molar-refractivity contribution in [2.45, 2.75) is 13.2 Å². The third-order valence-corrected chi connectivity index (χ3v) is 3.76. The summed E-state index contributed by atoms with van der Waals surface area (Å²) in [6.07, 6.45) is 0. The summed E-state index contributed by atoms with van der Waals surface area (Å²) in [5, 5.41) is 3.75. The molecule has 0 bridgehead atoms. The molecule has 0 aliphatic carbocycles. The molecule has 0 unspecified atom stereocenters. The summed E-state index contributed by atoms with van der Waals surface area (Å²) >= 11 is 6.00. The van der Waals surface area contributed by atoms with Gasteiger partial charge in [-0.25, -0.2) is 4.39 Å². The normalized spacial score (nSPS) is 11.0. The number of likely N-dealkylation sites (N-methyl/N-ethyl adjacent to an activating group) is 1. The molecule has 3 nitrogen and oxygen atoms in total. The van der Waals surface area contributed by atoms with Crippen LogP contribution in [-0.4, -0.2) is 32.1 Å². The first-order valence-corrected chi connectivity index (χ1v) is 7.94. The zero-order valence-electron chi connectivity index (χ0n) is 13.5. The predicted octanol–water partition coefficient (Wildman–Crippen LogP) is 3.71. The summed E-state index contributed by atoms with van der Waals surface area (Å²) < 4.78 is 19.4. The number of benzene rings is 2. The highest BCUT2D eigenvalue weighted by Crippen LogP contribution is 2.22. The van der Waals surface area contributed by atoms with Crippen LogP contribution in [0.15, 0.2) is 42.5 Å². The summed E-state index contributed by atoms with van der Waals surface area (Å²) in [7, 11) is 4.09. The van der Waals surface area contributed by atoms with E-state index in [0.717, 1.165) is 25.2 Å². The highest BCUT2D eigenvalue weighted by Gasteiger charge is 2.07. The molecule has 0 saturated heterocycles. The molecule has 0 saturated carbocycles. The summed E-state index contributed by atoms with van der Waals surface area (Å²) in [6.45, 7) is 2.79. The third kappa shape index (κ3) is 5.82. The Labute approximate surface area is 142 Å². The first-order valence-electron chi connectivity index (χ1n) is 7.56. The number of rotatable bonds is 8. The molecular weight excluding hydrogens is 315 g/mol. The van der Waals surface area contributed by atoms with Crippen molar-refractivity contribution < 1.29 is 9.13 Å². The highest BCUT2D eigenvalue weighted by molar-refractivity contribution is 6.31. The first kappa shape index (κ1) is 17.7. The van der Waals surface area contributed by atoms with Crippen LogP contribution in [0.3, 0.4) is 0 Å². The van der Waals surface area contributed by atoms with Crippen molar-refractivity contribution >= 4 is 11.6 Å². The largest absolute Gasteiger partial charge is 0.489 e. The van der Waals surface area contributed by atoms with E-state index in [1.54, 1.807) is 12.1 Å². The van der Waals surface area contributed by atoms with E-state index in [1.807, 2.05) is 38.4 Å². The van der Waals surface area contributed by atoms with Crippen LogP contribution in [0, 0.1) is 5.82 Å². The maximum absolute atomic E-state index is 13.7. The minimum Gasteiger partial charge on any atom is -0.489 e. The Bertz CT molecular complexity index is 614. The number of ether oxygens (including phenoxy) is 1. The van der Waals surface area contributed by atoms with Crippen LogP contribution in [0.25, 0.3) is 0 Å². The van der Waals surface area contributed by atoms with Gasteiger partial charge in [-0.15, -0.1) is 0 Å². The second-order valence-electron chi connectivity index (χ2n) is 5.62. The molecule has 0 spiro atoms. The van der Waals surface area contributed by atoms with Crippen LogP contribution in [0.4, 0.5) is 4.39 Å². The van der Waals surface area contributed by atoms with Gasteiger partial charge in [0.05, 0.1) is 5.02 Å². The molecule has 5 heteroatoms. The SMILES string of the molecule is CN(C)CCNCc1cccc(OCc2c(F)cccc2Cl)c1. The van der Waals surface area contributed by atoms with Crippen LogP contribution < -0.4 is 10.1 Å². The minimum absolute atomic E-state index is 0.114. The lowest BCUT2D eigenvalue weighted by Gasteiger charge is -2.12. The summed E-state index contributed by atoms with van der Waals surface area (Å²) in [6, 6.07) is 12.4. The lowest BCUT2D eigenvalue weighted by atomic mass is 10.2. The van der Waals surface area contributed by atoms with Gasteiger partial charge >= 0.3 is 0 Å². The smallest absolute Gasteiger partial charge is 0.131 e. The van der Waals surface area contributed by atoms with Crippen molar-refractivity contribution in [2.24, 2.45) is 0 Å². The number of nitrogens with one attached hydrogen (secondary N) is 1. The fourth-order valence-electron chi connectivity index (χ4n) is 2.11. The van der Waals surface area contributed by atoms with Crippen molar-refractivity contribution in [2.75, 3.05) is 27.2 Å². The second-order valence-corrected chi connectivity index (χ2v) is 6.02. The second kappa shape index (κ2) is 8.87. The minimum atomic E-state index is -0.348. The van der Waals surface area contributed by atoms with Crippen molar-refractivity contribution in [1.82, 2.24) is 10.2 Å². The third-order valence-electron chi connectivity index (χ3n) is 3.41. The lowest BCUT2D eigenvalue weighted by Crippen LogP contribution is -2.26. The van der Waals surface area contributed by atoms with E-state index < -0.39 is 0 Å². The van der Waals surface area contributed by atoms with Gasteiger partial charge in [0.1, 0.15) is 18.2 Å². The van der Waals surface area contributed by atoms with E-state index in [9.17, 15) is 4.39 Å². The Morgan fingerprint density at radius 2 is 1.96 bits per heavy atom. The maximum Gasteiger partial charge on any atom is 0.131 e. The van der Waals surface area contributed by atoms with Gasteiger partial charge in [-0.3, -0.25) is 0 Å². The molecule has 0 aliphatic rings. The van der Waals surface area contributed by atoms with Crippen molar-refractivity contribution in [1.29, 1.82) is 0 Å². The molecule has 23 heavy (non-hydrogen) atoms. The Hall–Kier alpha value is -1.62. The molecule has 0 aliphatic heterocycles. The number of halogens is 2. The maximum atomic E-state index is 13.7. The molecule has 124 valence electrons. The van der Waals surface area contributed by atoms with Gasteiger partial charge in [-0.05, 0) is 43.9 Å². The summed E-state index contributed by atoms with van der Waals surface area (Å²) in [4.78, 5) is 2.13. The zero-order chi connectivity index (χ0) is 16.7. The molecule has 2 aromatic carbocycles. The molecule has 1 N–H and O–H groups in total. The number of nitrogens with zero attached hydrogens (tertiary/aromatic N) is 1. The fraction of sp³-hybridized carbons (Fsp3) is 0.333. The Morgan fingerprint density at radius 3 is 2.70 bits per heavy atom. The highest BCUT2D eigenvalue weighted by atomic mass is 35.5. The predicted molar refractivity (Wildman–Crippen MR) is 92.4 cm³/mol. The molecule has 2 aromatic rings. The summed E-state index contributed by atoms with van der Waals surface area (Å²) in [5.41, 5.74) is 1.50. The zero-order valence-corrected chi connectivity index (χ0v) is 14.2. The van der Waals surface area contributed by atoms with E-state index in [-0.39, 0.29) is 12.4 Å². The average Bonchev–Trinajstić information content (AvgIpc) is 2.51. The molecule has 0 atom stereocenters. The van der Waals surface area contributed by atoms with E-state index in [2.05, 4.69) is 10.2 Å². The van der Waals surface area contributed by atoms with Crippen LogP contribution >= 0.6 is 11.6 Å². The topological polar surface area (TPSA) is 24.5 Å². The van der Waals surface area contributed by atoms with Gasteiger partial charge in [-0.2, -0.15) is 0 Å². The lowest BCUT2D eigenvalue weighted by molar-refractivity contribution is 0.299. The van der Waals surface area contributed by atoms with Crippen LogP contribution in [0.1, 0.15) is 11.1 Å². The molecule has 2 rings (SSSR count). The van der Waals surface area contributed by atoms with Gasteiger partial charge in [-0.1, -0.05) is 29.8 Å². The monoisotopic (exact) mass is 336 g/mol. The molecular formula is C18H22ClFN2O. The van der Waals surface area contributed by atoms with E-state index in [4.69, 9.17) is 16.3 Å². The standard InChI is InChI=1S/C18H22ClFN2O/c1-22(2)10-9-21-12-14-5-3-6-15(11-14)23-13-16-17(19)7-4-8-18(16)20/h3-8,11,21H,9-10,12-13H2,1-2H3. The van der Waals surface area contributed by atoms with E-state index in [0.29, 0.717) is 16.3 Å². The molecule has 0 fully saturated rings. The van der Waals surface area contributed by atoms with Crippen molar-refractivity contribution in [3.05, 3.63) is 64.4 Å². The van der Waals surface area contributed by atoms with Crippen LogP contribution in [-0.2, 0) is 13.2 Å². The van der Waals surface area contributed by atoms with Crippen molar-refractivity contribution in [3.8, 4) is 5.75 Å². The van der Waals surface area contributed by atoms with Crippen molar-refractivity contribution in [3.63, 3.8) is 0 Å². The number of hydrogen-bond acceptors (Lipinski definition) is 3. The number of hydrogen-bond donors (Lipinski definition) is 1. The molecule has 0 amide bonds. The van der Waals surface area contributed by atoms with Gasteiger partial charge in [0.25, 0.3) is 0 Å². The molecule has 0 aromatic heterocycles. The quantitative estimate of drug-likeness (QED) is 0.744. The van der Waals surface area contributed by atoms with Crippen LogP contribution in [0.2, 0.25) is 5.02 Å². The Morgan fingerprint density at radius 1 is 1.17 bits per heavy atom. The van der Waals surface area contributed by atoms with Gasteiger partial charge in [0.2, 0.25) is 0 Å². The van der Waals surface area contributed by atoms with Gasteiger partial charge < -0.3 is 15.0 Å². The van der Waals surface area contributed by atoms with Gasteiger partial charge in [0.15, 0.2) is 0 Å². The Kier molecular flexibility index (Phi) is 6.84. The Balaban J connectivity index is 1.90. The summed E-state index contributed by atoms with van der Waals surface area (Å²) in [5.74, 6) is 0.357. The molecule has 0 heterocycles. The molecule has 0 radical (unpaired) electrons. The first-order chi connectivity index (χ1) is 11.1. The average molecular weight is 337 g/mol.